The number of anilines is 1. The van der Waals surface area contributed by atoms with Crippen LogP contribution in [-0.4, -0.2) is 43.7 Å². The third-order valence-corrected chi connectivity index (χ3v) is 9.72. The van der Waals surface area contributed by atoms with Crippen molar-refractivity contribution in [3.05, 3.63) is 69.7 Å². The molecule has 4 heterocycles. The minimum absolute atomic E-state index is 0.190. The Labute approximate surface area is 256 Å². The van der Waals surface area contributed by atoms with Crippen molar-refractivity contribution in [2.45, 2.75) is 52.1 Å². The molecule has 0 spiro atoms. The first kappa shape index (κ1) is 28.8. The second-order valence-corrected chi connectivity index (χ2v) is 13.5. The Hall–Kier alpha value is -4.27. The van der Waals surface area contributed by atoms with Crippen molar-refractivity contribution in [1.82, 2.24) is 25.3 Å². The zero-order valence-electron chi connectivity index (χ0n) is 24.0. The lowest BCUT2D eigenvalue weighted by Gasteiger charge is -2.51. The van der Waals surface area contributed by atoms with Gasteiger partial charge < -0.3 is 20.3 Å². The minimum atomic E-state index is -1.22. The van der Waals surface area contributed by atoms with Gasteiger partial charge in [-0.2, -0.15) is 10.2 Å². The van der Waals surface area contributed by atoms with Gasteiger partial charge in [0.25, 0.3) is 0 Å². The molecule has 2 unspecified atom stereocenters. The van der Waals surface area contributed by atoms with E-state index in [0.29, 0.717) is 39.7 Å². The van der Waals surface area contributed by atoms with Crippen LogP contribution in [0.1, 0.15) is 49.9 Å². The fourth-order valence-electron chi connectivity index (χ4n) is 6.22. The summed E-state index contributed by atoms with van der Waals surface area (Å²) in [6.07, 6.45) is 1.10. The van der Waals surface area contributed by atoms with Gasteiger partial charge in [-0.1, -0.05) is 56.6 Å². The molecule has 2 atom stereocenters. The average molecular weight is 618 g/mol. The number of thiazole rings is 1. The van der Waals surface area contributed by atoms with E-state index >= 15 is 4.39 Å². The number of aryl methyl sites for hydroxylation is 1. The number of hydrogen-bond acceptors (Lipinski definition) is 7. The number of piperidine rings is 1. The van der Waals surface area contributed by atoms with Crippen LogP contribution >= 0.6 is 22.9 Å². The maximum atomic E-state index is 15.1. The van der Waals surface area contributed by atoms with Crippen molar-refractivity contribution in [2.24, 2.45) is 5.41 Å². The van der Waals surface area contributed by atoms with Gasteiger partial charge in [-0.05, 0) is 37.3 Å². The number of H-pyrrole nitrogens is 1. The first-order valence-electron chi connectivity index (χ1n) is 13.8. The lowest BCUT2D eigenvalue weighted by atomic mass is 9.70. The molecule has 0 radical (unpaired) electrons. The lowest BCUT2D eigenvalue weighted by Crippen LogP contribution is -2.60. The van der Waals surface area contributed by atoms with Crippen molar-refractivity contribution >= 4 is 56.2 Å². The van der Waals surface area contributed by atoms with E-state index in [1.165, 1.54) is 17.4 Å². The van der Waals surface area contributed by atoms with Gasteiger partial charge in [0.1, 0.15) is 17.5 Å². The Morgan fingerprint density at radius 1 is 1.23 bits per heavy atom. The SMILES string of the molecule is Cc1nc2ccc(-c3c[nH]c4nc(N5CCC(NC(=O)O)(c6ccccc6F)CC5C(C)(C)C)nc(C#N)c34)c(Cl)c2s1. The number of halogens is 2. The number of nitrogens with zero attached hydrogens (tertiary/aromatic N) is 5. The van der Waals surface area contributed by atoms with Crippen molar-refractivity contribution in [1.29, 1.82) is 5.26 Å². The maximum Gasteiger partial charge on any atom is 0.405 e. The summed E-state index contributed by atoms with van der Waals surface area (Å²) in [6.45, 7) is 8.38. The molecule has 3 aromatic heterocycles. The molecule has 1 fully saturated rings. The summed E-state index contributed by atoms with van der Waals surface area (Å²) in [5, 5.41) is 24.7. The molecule has 43 heavy (non-hydrogen) atoms. The highest BCUT2D eigenvalue weighted by Crippen LogP contribution is 2.45. The Morgan fingerprint density at radius 3 is 2.70 bits per heavy atom. The highest BCUT2D eigenvalue weighted by molar-refractivity contribution is 7.19. The summed E-state index contributed by atoms with van der Waals surface area (Å²) in [5.74, 6) is -0.125. The Morgan fingerprint density at radius 2 is 2.00 bits per heavy atom. The molecule has 6 rings (SSSR count). The largest absolute Gasteiger partial charge is 0.465 e. The molecular formula is C31H29ClFN7O2S. The Kier molecular flexibility index (Phi) is 7.02. The van der Waals surface area contributed by atoms with Crippen LogP contribution in [0.2, 0.25) is 5.02 Å². The molecule has 1 amide bonds. The van der Waals surface area contributed by atoms with E-state index in [4.69, 9.17) is 21.6 Å². The molecule has 9 nitrogen and oxygen atoms in total. The van der Waals surface area contributed by atoms with Gasteiger partial charge in [0.2, 0.25) is 5.95 Å². The fraction of sp³-hybridized carbons (Fsp3) is 0.323. The van der Waals surface area contributed by atoms with Crippen LogP contribution in [-0.2, 0) is 5.54 Å². The van der Waals surface area contributed by atoms with Crippen LogP contribution in [0, 0.1) is 29.5 Å². The smallest absolute Gasteiger partial charge is 0.405 e. The van der Waals surface area contributed by atoms with Gasteiger partial charge in [0.15, 0.2) is 5.69 Å². The fourth-order valence-corrected chi connectivity index (χ4v) is 7.46. The number of nitriles is 1. The van der Waals surface area contributed by atoms with Gasteiger partial charge in [-0.25, -0.2) is 19.2 Å². The van der Waals surface area contributed by atoms with Crippen LogP contribution in [0.25, 0.3) is 32.4 Å². The second kappa shape index (κ2) is 10.5. The molecule has 12 heteroatoms. The first-order chi connectivity index (χ1) is 20.4. The number of amides is 1. The summed E-state index contributed by atoms with van der Waals surface area (Å²) < 4.78 is 16.0. The average Bonchev–Trinajstić information content (AvgIpc) is 3.55. The molecule has 3 N–H and O–H groups in total. The standard InChI is InChI=1S/C31H29ClFN7O2S/c1-16-36-21-10-9-17(25(32)26(21)43-16)18-15-35-27-24(18)22(14-34)37-28(38-27)40-12-11-31(39-29(41)42,13-23(40)30(2,3)4)19-7-5-6-8-20(19)33/h5-10,15,23,39H,11-13H2,1-4H3,(H,41,42)(H,35,37,38). The molecule has 1 aliphatic rings. The molecule has 0 saturated carbocycles. The van der Waals surface area contributed by atoms with Crippen molar-refractivity contribution in [3.63, 3.8) is 0 Å². The molecule has 220 valence electrons. The Balaban J connectivity index is 1.45. The highest BCUT2D eigenvalue weighted by Gasteiger charge is 2.48. The molecule has 0 bridgehead atoms. The summed E-state index contributed by atoms with van der Waals surface area (Å²) in [7, 11) is 0. The minimum Gasteiger partial charge on any atom is -0.465 e. The topological polar surface area (TPSA) is 131 Å². The third kappa shape index (κ3) is 4.94. The van der Waals surface area contributed by atoms with E-state index < -0.39 is 17.4 Å². The van der Waals surface area contributed by atoms with E-state index in [0.717, 1.165) is 20.8 Å². The molecule has 0 aliphatic carbocycles. The summed E-state index contributed by atoms with van der Waals surface area (Å²) in [4.78, 5) is 31.3. The molecule has 5 aromatic rings. The van der Waals surface area contributed by atoms with Gasteiger partial charge in [0.05, 0.1) is 31.2 Å². The number of nitrogens with one attached hydrogen (secondary N) is 2. The van der Waals surface area contributed by atoms with E-state index in [1.807, 2.05) is 44.7 Å². The number of carboxylic acid groups (broad SMARTS) is 1. The number of benzene rings is 2. The molecule has 1 aliphatic heterocycles. The van der Waals surface area contributed by atoms with Gasteiger partial charge >= 0.3 is 6.09 Å². The third-order valence-electron chi connectivity index (χ3n) is 8.21. The van der Waals surface area contributed by atoms with Crippen molar-refractivity contribution < 1.29 is 14.3 Å². The molecular weight excluding hydrogens is 589 g/mol. The van der Waals surface area contributed by atoms with Gasteiger partial charge in [-0.3, -0.25) is 0 Å². The van der Waals surface area contributed by atoms with E-state index in [9.17, 15) is 15.2 Å². The predicted molar refractivity (Wildman–Crippen MR) is 166 cm³/mol. The van der Waals surface area contributed by atoms with Crippen molar-refractivity contribution in [3.8, 4) is 17.2 Å². The zero-order valence-corrected chi connectivity index (χ0v) is 25.6. The summed E-state index contributed by atoms with van der Waals surface area (Å²) in [6, 6.07) is 12.0. The zero-order chi connectivity index (χ0) is 30.7. The maximum absolute atomic E-state index is 15.1. The lowest BCUT2D eigenvalue weighted by molar-refractivity contribution is 0.136. The predicted octanol–water partition coefficient (Wildman–Crippen LogP) is 7.39. The number of aromatic amines is 1. The van der Waals surface area contributed by atoms with Crippen LogP contribution in [0.3, 0.4) is 0 Å². The normalized spacial score (nSPS) is 19.1. The molecule has 1 saturated heterocycles. The van der Waals surface area contributed by atoms with E-state index in [1.54, 1.807) is 24.4 Å². The van der Waals surface area contributed by atoms with Gasteiger partial charge in [0, 0.05) is 35.5 Å². The summed E-state index contributed by atoms with van der Waals surface area (Å²) >= 11 is 8.35. The highest BCUT2D eigenvalue weighted by atomic mass is 35.5. The number of aromatic nitrogens is 4. The Bertz CT molecular complexity index is 1940. The van der Waals surface area contributed by atoms with Crippen LogP contribution < -0.4 is 10.2 Å². The number of hydrogen-bond donors (Lipinski definition) is 3. The van der Waals surface area contributed by atoms with E-state index in [-0.39, 0.29) is 30.0 Å². The number of fused-ring (bicyclic) bond motifs is 2. The van der Waals surface area contributed by atoms with Crippen molar-refractivity contribution in [2.75, 3.05) is 11.4 Å². The van der Waals surface area contributed by atoms with Gasteiger partial charge in [-0.15, -0.1) is 11.3 Å². The summed E-state index contributed by atoms with van der Waals surface area (Å²) in [5.41, 5.74) is 1.71. The van der Waals surface area contributed by atoms with Crippen LogP contribution in [0.4, 0.5) is 15.1 Å². The monoisotopic (exact) mass is 617 g/mol. The van der Waals surface area contributed by atoms with Crippen LogP contribution in [0.15, 0.2) is 42.6 Å². The van der Waals surface area contributed by atoms with Crippen LogP contribution in [0.5, 0.6) is 0 Å². The second-order valence-electron chi connectivity index (χ2n) is 11.9. The quantitative estimate of drug-likeness (QED) is 0.192. The number of rotatable bonds is 4. The molecule has 2 aromatic carbocycles. The number of carbonyl (C=O) groups is 1. The van der Waals surface area contributed by atoms with E-state index in [2.05, 4.69) is 21.4 Å². The first-order valence-corrected chi connectivity index (χ1v) is 15.0.